The Morgan fingerprint density at radius 1 is 1.19 bits per heavy atom. The largest absolute Gasteiger partial charge is 0.356 e. The predicted octanol–water partition coefficient (Wildman–Crippen LogP) is 1.83. The first kappa shape index (κ1) is 23.7. The van der Waals surface area contributed by atoms with Crippen LogP contribution < -0.4 is 15.4 Å². The molecule has 1 aromatic carbocycles. The highest BCUT2D eigenvalue weighted by molar-refractivity contribution is 7.88. The van der Waals surface area contributed by atoms with Gasteiger partial charge in [-0.3, -0.25) is 9.89 Å². The Labute approximate surface area is 168 Å². The molecule has 0 radical (unpaired) electrons. The van der Waals surface area contributed by atoms with Gasteiger partial charge >= 0.3 is 0 Å². The van der Waals surface area contributed by atoms with Crippen molar-refractivity contribution in [2.24, 2.45) is 4.99 Å². The maximum Gasteiger partial charge on any atom is 0.208 e. The molecule has 27 heavy (non-hydrogen) atoms. The van der Waals surface area contributed by atoms with Crippen LogP contribution in [0.2, 0.25) is 5.02 Å². The number of likely N-dealkylation sites (N-methyl/N-ethyl adjacent to an activating group) is 1. The van der Waals surface area contributed by atoms with E-state index in [1.54, 1.807) is 7.05 Å². The number of rotatable bonds is 11. The first-order chi connectivity index (χ1) is 12.8. The molecule has 0 saturated carbocycles. The lowest BCUT2D eigenvalue weighted by atomic mass is 10.0. The molecule has 1 atom stereocenters. The Hall–Kier alpha value is -1.35. The standard InChI is InChI=1S/C18H32ClN5O2S/c1-5-24(6-2)17(15-10-7-8-11-16(15)19)14-22-18(20-3)21-12-9-13-23-27(4,25)26/h7-8,10-11,17,23H,5-6,9,12-14H2,1-4H3,(H2,20,21,22). The maximum atomic E-state index is 11.1. The number of benzene rings is 1. The smallest absolute Gasteiger partial charge is 0.208 e. The van der Waals surface area contributed by atoms with Crippen LogP contribution in [0.5, 0.6) is 0 Å². The van der Waals surface area contributed by atoms with E-state index in [1.807, 2.05) is 18.2 Å². The average molecular weight is 418 g/mol. The van der Waals surface area contributed by atoms with Crippen molar-refractivity contribution < 1.29 is 8.42 Å². The van der Waals surface area contributed by atoms with E-state index in [2.05, 4.69) is 45.2 Å². The van der Waals surface area contributed by atoms with Crippen LogP contribution in [0, 0.1) is 0 Å². The zero-order valence-corrected chi connectivity index (χ0v) is 18.2. The minimum Gasteiger partial charge on any atom is -0.356 e. The van der Waals surface area contributed by atoms with Crippen molar-refractivity contribution in [2.45, 2.75) is 26.3 Å². The lowest BCUT2D eigenvalue weighted by Crippen LogP contribution is -2.43. The van der Waals surface area contributed by atoms with Crippen LogP contribution in [0.1, 0.15) is 31.9 Å². The van der Waals surface area contributed by atoms with Crippen molar-refractivity contribution in [3.05, 3.63) is 34.9 Å². The normalized spacial score (nSPS) is 13.6. The van der Waals surface area contributed by atoms with Crippen molar-refractivity contribution in [2.75, 3.05) is 46.0 Å². The Morgan fingerprint density at radius 2 is 1.85 bits per heavy atom. The number of sulfonamides is 1. The van der Waals surface area contributed by atoms with Crippen molar-refractivity contribution >= 4 is 27.6 Å². The summed E-state index contributed by atoms with van der Waals surface area (Å²) in [5.74, 6) is 0.679. The topological polar surface area (TPSA) is 85.8 Å². The molecule has 0 heterocycles. The highest BCUT2D eigenvalue weighted by Gasteiger charge is 2.20. The Kier molecular flexibility index (Phi) is 10.7. The van der Waals surface area contributed by atoms with E-state index in [-0.39, 0.29) is 6.04 Å². The molecule has 1 unspecified atom stereocenters. The first-order valence-corrected chi connectivity index (χ1v) is 11.5. The van der Waals surface area contributed by atoms with E-state index in [4.69, 9.17) is 11.6 Å². The summed E-state index contributed by atoms with van der Waals surface area (Å²) in [6, 6.07) is 8.03. The number of hydrogen-bond donors (Lipinski definition) is 3. The molecule has 154 valence electrons. The van der Waals surface area contributed by atoms with E-state index >= 15 is 0 Å². The van der Waals surface area contributed by atoms with Crippen LogP contribution in [-0.2, 0) is 10.0 Å². The Balaban J connectivity index is 2.63. The van der Waals surface area contributed by atoms with E-state index in [9.17, 15) is 8.42 Å². The molecule has 7 nitrogen and oxygen atoms in total. The minimum atomic E-state index is -3.14. The van der Waals surface area contributed by atoms with Crippen LogP contribution in [0.15, 0.2) is 29.3 Å². The number of aliphatic imine (C=N–C) groups is 1. The van der Waals surface area contributed by atoms with Crippen LogP contribution >= 0.6 is 11.6 Å². The third-order valence-corrected chi connectivity index (χ3v) is 5.29. The minimum absolute atomic E-state index is 0.124. The van der Waals surface area contributed by atoms with Gasteiger partial charge in [-0.25, -0.2) is 13.1 Å². The van der Waals surface area contributed by atoms with Crippen molar-refractivity contribution in [1.82, 2.24) is 20.3 Å². The predicted molar refractivity (Wildman–Crippen MR) is 114 cm³/mol. The molecule has 0 aliphatic heterocycles. The third kappa shape index (κ3) is 8.92. The molecule has 3 N–H and O–H groups in total. The number of hydrogen-bond acceptors (Lipinski definition) is 4. The van der Waals surface area contributed by atoms with Gasteiger partial charge in [0, 0.05) is 31.7 Å². The van der Waals surface area contributed by atoms with Crippen LogP contribution in [0.4, 0.5) is 0 Å². The molecule has 0 amide bonds. The monoisotopic (exact) mass is 417 g/mol. The van der Waals surface area contributed by atoms with E-state index in [0.717, 1.165) is 29.9 Å². The molecule has 0 aliphatic carbocycles. The lowest BCUT2D eigenvalue weighted by molar-refractivity contribution is 0.219. The molecule has 9 heteroatoms. The van der Waals surface area contributed by atoms with E-state index in [1.165, 1.54) is 0 Å². The molecular weight excluding hydrogens is 386 g/mol. The summed E-state index contributed by atoms with van der Waals surface area (Å²) in [6.45, 7) is 7.76. The molecule has 1 rings (SSSR count). The molecule has 0 bridgehead atoms. The number of guanidine groups is 1. The van der Waals surface area contributed by atoms with E-state index in [0.29, 0.717) is 32.0 Å². The number of nitrogens with one attached hydrogen (secondary N) is 3. The fraction of sp³-hybridized carbons (Fsp3) is 0.611. The Bertz CT molecular complexity index is 693. The van der Waals surface area contributed by atoms with Gasteiger partial charge in [-0.1, -0.05) is 43.6 Å². The van der Waals surface area contributed by atoms with Crippen LogP contribution in [0.3, 0.4) is 0 Å². The summed E-state index contributed by atoms with van der Waals surface area (Å²) >= 11 is 6.43. The average Bonchev–Trinajstić information content (AvgIpc) is 2.62. The second-order valence-electron chi connectivity index (χ2n) is 6.16. The maximum absolute atomic E-state index is 11.1. The SMILES string of the molecule is CCN(CC)C(CNC(=NC)NCCCNS(C)(=O)=O)c1ccccc1Cl. The number of nitrogens with zero attached hydrogens (tertiary/aromatic N) is 2. The summed E-state index contributed by atoms with van der Waals surface area (Å²) < 4.78 is 24.6. The second-order valence-corrected chi connectivity index (χ2v) is 8.40. The van der Waals surface area contributed by atoms with Crippen molar-refractivity contribution in [3.8, 4) is 0 Å². The second kappa shape index (κ2) is 12.2. The highest BCUT2D eigenvalue weighted by atomic mass is 35.5. The summed E-state index contributed by atoms with van der Waals surface area (Å²) in [7, 11) is -1.43. The van der Waals surface area contributed by atoms with Crippen molar-refractivity contribution in [3.63, 3.8) is 0 Å². The molecule has 1 aromatic rings. The van der Waals surface area contributed by atoms with Gasteiger partial charge in [0.1, 0.15) is 0 Å². The summed E-state index contributed by atoms with van der Waals surface area (Å²) in [5.41, 5.74) is 1.09. The lowest BCUT2D eigenvalue weighted by Gasteiger charge is -2.31. The van der Waals surface area contributed by atoms with Gasteiger partial charge in [0.2, 0.25) is 10.0 Å². The highest BCUT2D eigenvalue weighted by Crippen LogP contribution is 2.26. The molecule has 0 fully saturated rings. The zero-order chi connectivity index (χ0) is 20.3. The zero-order valence-electron chi connectivity index (χ0n) is 16.6. The first-order valence-electron chi connectivity index (χ1n) is 9.20. The van der Waals surface area contributed by atoms with E-state index < -0.39 is 10.0 Å². The van der Waals surface area contributed by atoms with Gasteiger partial charge in [-0.2, -0.15) is 0 Å². The summed E-state index contributed by atoms with van der Waals surface area (Å²) in [5, 5.41) is 7.31. The van der Waals surface area contributed by atoms with Crippen LogP contribution in [-0.4, -0.2) is 65.3 Å². The molecule has 0 aromatic heterocycles. The molecular formula is C18H32ClN5O2S. The quantitative estimate of drug-likeness (QED) is 0.290. The van der Waals surface area contributed by atoms with Gasteiger partial charge in [0.05, 0.1) is 12.3 Å². The van der Waals surface area contributed by atoms with Gasteiger partial charge in [0.15, 0.2) is 5.96 Å². The molecule has 0 aliphatic rings. The Morgan fingerprint density at radius 3 is 2.41 bits per heavy atom. The van der Waals surface area contributed by atoms with Crippen molar-refractivity contribution in [1.29, 1.82) is 0 Å². The fourth-order valence-corrected chi connectivity index (χ4v) is 3.59. The van der Waals surface area contributed by atoms with Gasteiger partial charge < -0.3 is 10.6 Å². The summed E-state index contributed by atoms with van der Waals surface area (Å²) in [6.07, 6.45) is 1.82. The van der Waals surface area contributed by atoms with Crippen LogP contribution in [0.25, 0.3) is 0 Å². The van der Waals surface area contributed by atoms with Gasteiger partial charge in [0.25, 0.3) is 0 Å². The fourth-order valence-electron chi connectivity index (χ4n) is 2.81. The molecule has 0 spiro atoms. The number of halogens is 1. The summed E-state index contributed by atoms with van der Waals surface area (Å²) in [4.78, 5) is 6.58. The molecule has 0 saturated heterocycles. The van der Waals surface area contributed by atoms with Gasteiger partial charge in [-0.15, -0.1) is 0 Å². The third-order valence-electron chi connectivity index (χ3n) is 4.21. The van der Waals surface area contributed by atoms with Gasteiger partial charge in [-0.05, 0) is 31.1 Å².